The first kappa shape index (κ1) is 18.2. The molecule has 1 aromatic carbocycles. The van der Waals surface area contributed by atoms with Crippen LogP contribution < -0.4 is 14.2 Å². The molecule has 7 nitrogen and oxygen atoms in total. The summed E-state index contributed by atoms with van der Waals surface area (Å²) in [5, 5.41) is 1.53. The maximum atomic E-state index is 12.4. The number of hydrogen-bond acceptors (Lipinski definition) is 7. The molecule has 0 spiro atoms. The van der Waals surface area contributed by atoms with Crippen LogP contribution in [0.2, 0.25) is 0 Å². The maximum Gasteiger partial charge on any atom is 0.349 e. The van der Waals surface area contributed by atoms with Crippen molar-refractivity contribution in [2.45, 2.75) is 11.4 Å². The molecular weight excluding hydrogens is 354 g/mol. The minimum absolute atomic E-state index is 0.0392. The first-order valence-electron chi connectivity index (χ1n) is 6.79. The van der Waals surface area contributed by atoms with Crippen LogP contribution in [0, 0.1) is 0 Å². The third kappa shape index (κ3) is 3.86. The summed E-state index contributed by atoms with van der Waals surface area (Å²) >= 11 is 1.01. The molecule has 9 heteroatoms. The molecule has 1 aromatic heterocycles. The van der Waals surface area contributed by atoms with E-state index in [2.05, 4.69) is 9.46 Å². The lowest BCUT2D eigenvalue weighted by Gasteiger charge is -2.11. The highest BCUT2D eigenvalue weighted by Gasteiger charge is 2.24. The molecule has 2 aromatic rings. The Bertz CT molecular complexity index is 828. The Balaban J connectivity index is 2.19. The van der Waals surface area contributed by atoms with E-state index in [0.29, 0.717) is 17.1 Å². The van der Waals surface area contributed by atoms with Crippen LogP contribution in [0.15, 0.2) is 34.5 Å². The second-order valence-electron chi connectivity index (χ2n) is 4.62. The summed E-state index contributed by atoms with van der Waals surface area (Å²) in [5.41, 5.74) is 0.686. The third-order valence-corrected chi connectivity index (χ3v) is 5.67. The van der Waals surface area contributed by atoms with Gasteiger partial charge in [0.25, 0.3) is 0 Å². The summed E-state index contributed by atoms with van der Waals surface area (Å²) in [5.74, 6) is 0.367. The van der Waals surface area contributed by atoms with Crippen molar-refractivity contribution in [1.82, 2.24) is 4.72 Å². The largest absolute Gasteiger partial charge is 0.493 e. The number of ether oxygens (including phenoxy) is 3. The molecule has 0 aliphatic carbocycles. The lowest BCUT2D eigenvalue weighted by atomic mass is 10.2. The number of methoxy groups -OCH3 is 3. The van der Waals surface area contributed by atoms with Crippen molar-refractivity contribution in [3.63, 3.8) is 0 Å². The quantitative estimate of drug-likeness (QED) is 0.749. The van der Waals surface area contributed by atoms with Gasteiger partial charge in [-0.3, -0.25) is 0 Å². The average Bonchev–Trinajstić information content (AvgIpc) is 3.09. The van der Waals surface area contributed by atoms with E-state index in [1.165, 1.54) is 32.8 Å². The number of carbonyl (C=O) groups is 1. The number of sulfonamides is 1. The van der Waals surface area contributed by atoms with Gasteiger partial charge in [0.2, 0.25) is 10.0 Å². The molecule has 1 heterocycles. The van der Waals surface area contributed by atoms with Crippen LogP contribution in [-0.2, 0) is 21.3 Å². The van der Waals surface area contributed by atoms with E-state index < -0.39 is 16.0 Å². The molecule has 0 unspecified atom stereocenters. The average molecular weight is 371 g/mol. The van der Waals surface area contributed by atoms with Crippen LogP contribution in [0.25, 0.3) is 0 Å². The normalized spacial score (nSPS) is 11.1. The summed E-state index contributed by atoms with van der Waals surface area (Å²) in [4.78, 5) is 11.6. The Hall–Kier alpha value is -2.10. The summed E-state index contributed by atoms with van der Waals surface area (Å²) in [6.07, 6.45) is 0. The zero-order valence-corrected chi connectivity index (χ0v) is 15.0. The molecule has 1 N–H and O–H groups in total. The van der Waals surface area contributed by atoms with E-state index in [0.717, 1.165) is 11.3 Å². The van der Waals surface area contributed by atoms with Gasteiger partial charge < -0.3 is 14.2 Å². The van der Waals surface area contributed by atoms with Gasteiger partial charge in [0.1, 0.15) is 9.77 Å². The fourth-order valence-electron chi connectivity index (χ4n) is 2.00. The Morgan fingerprint density at radius 1 is 1.12 bits per heavy atom. The van der Waals surface area contributed by atoms with Crippen molar-refractivity contribution in [2.75, 3.05) is 21.3 Å². The van der Waals surface area contributed by atoms with Crippen molar-refractivity contribution in [3.05, 3.63) is 40.1 Å². The topological polar surface area (TPSA) is 90.9 Å². The summed E-state index contributed by atoms with van der Waals surface area (Å²) in [6, 6.07) is 6.45. The van der Waals surface area contributed by atoms with E-state index in [4.69, 9.17) is 9.47 Å². The van der Waals surface area contributed by atoms with Crippen LogP contribution in [-0.4, -0.2) is 35.7 Å². The van der Waals surface area contributed by atoms with E-state index in [1.54, 1.807) is 18.2 Å². The molecule has 0 bridgehead atoms. The first-order chi connectivity index (χ1) is 11.4. The molecule has 130 valence electrons. The predicted octanol–water partition coefficient (Wildman–Crippen LogP) is 2.03. The fourth-order valence-corrected chi connectivity index (χ4v) is 4.35. The minimum atomic E-state index is -3.85. The summed E-state index contributed by atoms with van der Waals surface area (Å²) in [6.45, 7) is 0.0408. The van der Waals surface area contributed by atoms with Crippen molar-refractivity contribution in [3.8, 4) is 11.5 Å². The highest BCUT2D eigenvalue weighted by atomic mass is 32.2. The standard InChI is InChI=1S/C15H17NO6S2/c1-20-11-5-4-10(8-12(11)21-2)9-16-24(18,19)13-6-7-23-14(13)15(17)22-3/h4-8,16H,9H2,1-3H3. The molecule has 0 fully saturated rings. The number of rotatable bonds is 7. The second-order valence-corrected chi connectivity index (χ2v) is 7.27. The lowest BCUT2D eigenvalue weighted by Crippen LogP contribution is -2.24. The number of hydrogen-bond donors (Lipinski definition) is 1. The van der Waals surface area contributed by atoms with E-state index in [1.807, 2.05) is 0 Å². The minimum Gasteiger partial charge on any atom is -0.493 e. The Kier molecular flexibility index (Phi) is 5.81. The zero-order valence-electron chi connectivity index (χ0n) is 13.4. The number of carbonyl (C=O) groups excluding carboxylic acids is 1. The van der Waals surface area contributed by atoms with Crippen molar-refractivity contribution in [2.24, 2.45) is 0 Å². The lowest BCUT2D eigenvalue weighted by molar-refractivity contribution is 0.0602. The third-order valence-electron chi connectivity index (χ3n) is 3.20. The number of esters is 1. The predicted molar refractivity (Wildman–Crippen MR) is 89.2 cm³/mol. The highest BCUT2D eigenvalue weighted by molar-refractivity contribution is 7.89. The molecule has 0 radical (unpaired) electrons. The molecule has 0 atom stereocenters. The van der Waals surface area contributed by atoms with Crippen molar-refractivity contribution in [1.29, 1.82) is 0 Å². The van der Waals surface area contributed by atoms with Crippen LogP contribution in [0.4, 0.5) is 0 Å². The van der Waals surface area contributed by atoms with E-state index in [9.17, 15) is 13.2 Å². The molecular formula is C15H17NO6S2. The molecule has 0 saturated carbocycles. The van der Waals surface area contributed by atoms with Crippen LogP contribution >= 0.6 is 11.3 Å². The van der Waals surface area contributed by atoms with Gasteiger partial charge in [0, 0.05) is 6.54 Å². The van der Waals surface area contributed by atoms with Gasteiger partial charge in [-0.2, -0.15) is 0 Å². The van der Waals surface area contributed by atoms with Gasteiger partial charge in [-0.15, -0.1) is 11.3 Å². The van der Waals surface area contributed by atoms with Crippen LogP contribution in [0.5, 0.6) is 11.5 Å². The molecule has 0 aliphatic heterocycles. The molecule has 0 saturated heterocycles. The first-order valence-corrected chi connectivity index (χ1v) is 9.15. The summed E-state index contributed by atoms with van der Waals surface area (Å²) < 4.78 is 42.2. The van der Waals surface area contributed by atoms with Gasteiger partial charge in [-0.1, -0.05) is 6.07 Å². The Labute approximate surface area is 144 Å². The van der Waals surface area contributed by atoms with E-state index in [-0.39, 0.29) is 16.3 Å². The second kappa shape index (κ2) is 7.65. The highest BCUT2D eigenvalue weighted by Crippen LogP contribution is 2.28. The number of thiophene rings is 1. The molecule has 2 rings (SSSR count). The molecule has 24 heavy (non-hydrogen) atoms. The molecule has 0 amide bonds. The molecule has 0 aliphatic rings. The SMILES string of the molecule is COC(=O)c1sccc1S(=O)(=O)NCc1ccc(OC)c(OC)c1. The fraction of sp³-hybridized carbons (Fsp3) is 0.267. The van der Waals surface area contributed by atoms with Gasteiger partial charge in [0.05, 0.1) is 21.3 Å². The monoisotopic (exact) mass is 371 g/mol. The van der Waals surface area contributed by atoms with E-state index >= 15 is 0 Å². The Morgan fingerprint density at radius 3 is 2.46 bits per heavy atom. The van der Waals surface area contributed by atoms with Gasteiger partial charge in [-0.25, -0.2) is 17.9 Å². The number of nitrogens with one attached hydrogen (secondary N) is 1. The van der Waals surface area contributed by atoms with Crippen LogP contribution in [0.1, 0.15) is 15.2 Å². The summed E-state index contributed by atoms with van der Waals surface area (Å²) in [7, 11) is 0.374. The zero-order chi connectivity index (χ0) is 17.7. The smallest absolute Gasteiger partial charge is 0.349 e. The maximum absolute atomic E-state index is 12.4. The van der Waals surface area contributed by atoms with Gasteiger partial charge in [-0.05, 0) is 29.1 Å². The van der Waals surface area contributed by atoms with Gasteiger partial charge >= 0.3 is 5.97 Å². The van der Waals surface area contributed by atoms with Gasteiger partial charge in [0.15, 0.2) is 11.5 Å². The number of benzene rings is 1. The Morgan fingerprint density at radius 2 is 1.83 bits per heavy atom. The van der Waals surface area contributed by atoms with Crippen molar-refractivity contribution >= 4 is 27.3 Å². The van der Waals surface area contributed by atoms with Crippen molar-refractivity contribution < 1.29 is 27.4 Å². The van der Waals surface area contributed by atoms with Crippen LogP contribution in [0.3, 0.4) is 0 Å².